The Balaban J connectivity index is 2.13. The number of aliphatic hydroxyl groups excluding tert-OH is 1. The first-order valence-corrected chi connectivity index (χ1v) is 6.32. The van der Waals surface area contributed by atoms with E-state index in [4.69, 9.17) is 5.11 Å². The molecule has 1 aliphatic rings. The van der Waals surface area contributed by atoms with Crippen molar-refractivity contribution in [1.29, 1.82) is 0 Å². The molecule has 3 heteroatoms. The van der Waals surface area contributed by atoms with Crippen molar-refractivity contribution in [3.63, 3.8) is 0 Å². The summed E-state index contributed by atoms with van der Waals surface area (Å²) in [5.41, 5.74) is 0. The van der Waals surface area contributed by atoms with Crippen LogP contribution in [0.4, 0.5) is 0 Å². The molecule has 0 bridgehead atoms. The van der Waals surface area contributed by atoms with Gasteiger partial charge in [0.2, 0.25) is 0 Å². The molecule has 0 radical (unpaired) electrons. The summed E-state index contributed by atoms with van der Waals surface area (Å²) in [6.07, 6.45) is 6.08. The highest BCUT2D eigenvalue weighted by Gasteiger charge is 2.16. The smallest absolute Gasteiger partial charge is 0.0445 e. The van der Waals surface area contributed by atoms with E-state index in [9.17, 15) is 0 Å². The molecule has 3 atom stereocenters. The van der Waals surface area contributed by atoms with Crippen molar-refractivity contribution < 1.29 is 5.11 Å². The summed E-state index contributed by atoms with van der Waals surface area (Å²) >= 11 is 0. The van der Waals surface area contributed by atoms with Gasteiger partial charge in [-0.2, -0.15) is 0 Å². The predicted molar refractivity (Wildman–Crippen MR) is 64.0 cm³/mol. The van der Waals surface area contributed by atoms with Crippen LogP contribution in [0.15, 0.2) is 0 Å². The second kappa shape index (κ2) is 7.20. The second-order valence-electron chi connectivity index (χ2n) is 4.86. The number of rotatable bonds is 6. The molecule has 0 aliphatic carbocycles. The molecule has 0 aromatic rings. The van der Waals surface area contributed by atoms with Gasteiger partial charge in [0, 0.05) is 24.7 Å². The van der Waals surface area contributed by atoms with Gasteiger partial charge in [-0.05, 0) is 46.1 Å². The highest BCUT2D eigenvalue weighted by atomic mass is 16.3. The Hall–Kier alpha value is -0.120. The third-order valence-corrected chi connectivity index (χ3v) is 3.18. The molecule has 15 heavy (non-hydrogen) atoms. The van der Waals surface area contributed by atoms with E-state index in [2.05, 4.69) is 24.5 Å². The summed E-state index contributed by atoms with van der Waals surface area (Å²) in [5, 5.41) is 15.9. The van der Waals surface area contributed by atoms with Gasteiger partial charge in [0.15, 0.2) is 0 Å². The number of piperidine rings is 1. The lowest BCUT2D eigenvalue weighted by Crippen LogP contribution is -2.42. The first kappa shape index (κ1) is 12.9. The summed E-state index contributed by atoms with van der Waals surface area (Å²) in [6.45, 7) is 5.84. The Morgan fingerprint density at radius 1 is 1.33 bits per heavy atom. The van der Waals surface area contributed by atoms with Crippen LogP contribution >= 0.6 is 0 Å². The van der Waals surface area contributed by atoms with Gasteiger partial charge in [0.1, 0.15) is 0 Å². The van der Waals surface area contributed by atoms with E-state index >= 15 is 0 Å². The van der Waals surface area contributed by atoms with Crippen molar-refractivity contribution in [2.24, 2.45) is 0 Å². The maximum absolute atomic E-state index is 8.82. The summed E-state index contributed by atoms with van der Waals surface area (Å²) in [5.74, 6) is 0. The number of aliphatic hydroxyl groups is 1. The first-order chi connectivity index (χ1) is 7.22. The summed E-state index contributed by atoms with van der Waals surface area (Å²) in [4.78, 5) is 0. The maximum Gasteiger partial charge on any atom is 0.0445 e. The van der Waals surface area contributed by atoms with Gasteiger partial charge in [-0.1, -0.05) is 6.42 Å². The van der Waals surface area contributed by atoms with Crippen LogP contribution in [-0.4, -0.2) is 36.4 Å². The number of nitrogens with one attached hydrogen (secondary N) is 2. The standard InChI is InChI=1S/C12H26N2O/c1-10(6-8-15)14-11(2)9-12-5-3-4-7-13-12/h10-15H,3-9H2,1-2H3. The fraction of sp³-hybridized carbons (Fsp3) is 1.00. The molecule has 90 valence electrons. The van der Waals surface area contributed by atoms with E-state index in [1.165, 1.54) is 32.2 Å². The third-order valence-electron chi connectivity index (χ3n) is 3.18. The highest BCUT2D eigenvalue weighted by Crippen LogP contribution is 2.12. The zero-order valence-corrected chi connectivity index (χ0v) is 10.1. The van der Waals surface area contributed by atoms with Crippen molar-refractivity contribution in [3.8, 4) is 0 Å². The Bertz CT molecular complexity index is 158. The Morgan fingerprint density at radius 3 is 2.73 bits per heavy atom. The molecule has 0 spiro atoms. The van der Waals surface area contributed by atoms with Crippen molar-refractivity contribution in [2.45, 2.75) is 64.1 Å². The Morgan fingerprint density at radius 2 is 2.13 bits per heavy atom. The molecule has 1 heterocycles. The topological polar surface area (TPSA) is 44.3 Å². The van der Waals surface area contributed by atoms with E-state index in [1.807, 2.05) is 0 Å². The largest absolute Gasteiger partial charge is 0.396 e. The third kappa shape index (κ3) is 5.50. The van der Waals surface area contributed by atoms with Crippen molar-refractivity contribution in [3.05, 3.63) is 0 Å². The molecule has 3 unspecified atom stereocenters. The van der Waals surface area contributed by atoms with Gasteiger partial charge in [-0.15, -0.1) is 0 Å². The summed E-state index contributed by atoms with van der Waals surface area (Å²) < 4.78 is 0. The quantitative estimate of drug-likeness (QED) is 0.624. The van der Waals surface area contributed by atoms with Crippen LogP contribution in [-0.2, 0) is 0 Å². The minimum Gasteiger partial charge on any atom is -0.396 e. The van der Waals surface area contributed by atoms with Crippen LogP contribution in [0.1, 0.15) is 46.0 Å². The van der Waals surface area contributed by atoms with Crippen LogP contribution in [0.2, 0.25) is 0 Å². The van der Waals surface area contributed by atoms with Gasteiger partial charge in [0.25, 0.3) is 0 Å². The predicted octanol–water partition coefficient (Wildman–Crippen LogP) is 1.27. The van der Waals surface area contributed by atoms with Crippen LogP contribution in [0.5, 0.6) is 0 Å². The van der Waals surface area contributed by atoms with E-state index in [-0.39, 0.29) is 6.61 Å². The fourth-order valence-corrected chi connectivity index (χ4v) is 2.38. The first-order valence-electron chi connectivity index (χ1n) is 6.32. The van der Waals surface area contributed by atoms with Gasteiger partial charge < -0.3 is 15.7 Å². The second-order valence-corrected chi connectivity index (χ2v) is 4.86. The molecular formula is C12H26N2O. The van der Waals surface area contributed by atoms with Crippen molar-refractivity contribution >= 4 is 0 Å². The number of hydrogen-bond donors (Lipinski definition) is 3. The highest BCUT2D eigenvalue weighted by molar-refractivity contribution is 4.78. The van der Waals surface area contributed by atoms with Crippen LogP contribution in [0.25, 0.3) is 0 Å². The van der Waals surface area contributed by atoms with E-state index in [1.54, 1.807) is 0 Å². The molecule has 0 aromatic heterocycles. The average molecular weight is 214 g/mol. The molecule has 1 saturated heterocycles. The van der Waals surface area contributed by atoms with Crippen LogP contribution in [0, 0.1) is 0 Å². The lowest BCUT2D eigenvalue weighted by molar-refractivity contribution is 0.258. The fourth-order valence-electron chi connectivity index (χ4n) is 2.38. The molecular weight excluding hydrogens is 188 g/mol. The minimum absolute atomic E-state index is 0.280. The van der Waals surface area contributed by atoms with Gasteiger partial charge in [0.05, 0.1) is 0 Å². The van der Waals surface area contributed by atoms with Gasteiger partial charge in [-0.3, -0.25) is 0 Å². The van der Waals surface area contributed by atoms with Gasteiger partial charge >= 0.3 is 0 Å². The van der Waals surface area contributed by atoms with Crippen LogP contribution in [0.3, 0.4) is 0 Å². The van der Waals surface area contributed by atoms with E-state index in [0.717, 1.165) is 6.42 Å². The Labute approximate surface area is 93.6 Å². The summed E-state index contributed by atoms with van der Waals surface area (Å²) in [7, 11) is 0. The molecule has 1 fully saturated rings. The zero-order chi connectivity index (χ0) is 11.1. The maximum atomic E-state index is 8.82. The Kier molecular flexibility index (Phi) is 6.22. The van der Waals surface area contributed by atoms with Crippen LogP contribution < -0.4 is 10.6 Å². The number of hydrogen-bond acceptors (Lipinski definition) is 3. The molecule has 1 rings (SSSR count). The molecule has 3 nitrogen and oxygen atoms in total. The van der Waals surface area contributed by atoms with Gasteiger partial charge in [-0.25, -0.2) is 0 Å². The SMILES string of the molecule is CC(CCO)NC(C)CC1CCCCN1. The lowest BCUT2D eigenvalue weighted by atomic mass is 9.98. The molecule has 3 N–H and O–H groups in total. The van der Waals surface area contributed by atoms with E-state index < -0.39 is 0 Å². The molecule has 1 aliphatic heterocycles. The lowest BCUT2D eigenvalue weighted by Gasteiger charge is -2.28. The van der Waals surface area contributed by atoms with E-state index in [0.29, 0.717) is 18.1 Å². The zero-order valence-electron chi connectivity index (χ0n) is 10.1. The molecule has 0 saturated carbocycles. The minimum atomic E-state index is 0.280. The molecule has 0 aromatic carbocycles. The monoisotopic (exact) mass is 214 g/mol. The average Bonchev–Trinajstić information content (AvgIpc) is 2.19. The van der Waals surface area contributed by atoms with Crippen molar-refractivity contribution in [1.82, 2.24) is 10.6 Å². The normalized spacial score (nSPS) is 26.2. The summed E-state index contributed by atoms with van der Waals surface area (Å²) in [6, 6.07) is 1.67. The van der Waals surface area contributed by atoms with Crippen molar-refractivity contribution in [2.75, 3.05) is 13.2 Å². The molecule has 0 amide bonds.